The molecular formula is C23H30BrN2O2+. The van der Waals surface area contributed by atoms with Crippen LogP contribution in [0.1, 0.15) is 49.3 Å². The van der Waals surface area contributed by atoms with Crippen LogP contribution in [-0.2, 0) is 5.72 Å². The van der Waals surface area contributed by atoms with Gasteiger partial charge in [0.15, 0.2) is 6.54 Å². The molecule has 28 heavy (non-hydrogen) atoms. The van der Waals surface area contributed by atoms with E-state index < -0.39 is 5.72 Å². The van der Waals surface area contributed by atoms with E-state index in [4.69, 9.17) is 4.74 Å². The highest BCUT2D eigenvalue weighted by Crippen LogP contribution is 2.38. The third-order valence-corrected chi connectivity index (χ3v) is 5.70. The number of rotatable bonds is 4. The molecule has 1 atom stereocenters. The van der Waals surface area contributed by atoms with Crippen LogP contribution in [0.4, 0.5) is 0 Å². The van der Waals surface area contributed by atoms with Gasteiger partial charge >= 0.3 is 0 Å². The average molecular weight is 446 g/mol. The second kappa shape index (κ2) is 8.66. The van der Waals surface area contributed by atoms with Crippen molar-refractivity contribution in [2.75, 3.05) is 19.7 Å². The lowest BCUT2D eigenvalue weighted by Gasteiger charge is -2.30. The van der Waals surface area contributed by atoms with E-state index in [-0.39, 0.29) is 17.0 Å². The summed E-state index contributed by atoms with van der Waals surface area (Å²) in [5.74, 6) is 0.890. The van der Waals surface area contributed by atoms with E-state index in [1.807, 2.05) is 19.1 Å². The maximum atomic E-state index is 11.8. The fourth-order valence-electron chi connectivity index (χ4n) is 4.26. The summed E-state index contributed by atoms with van der Waals surface area (Å²) in [7, 11) is 0. The van der Waals surface area contributed by atoms with Crippen molar-refractivity contribution in [1.82, 2.24) is 5.01 Å². The van der Waals surface area contributed by atoms with E-state index in [1.165, 1.54) is 17.7 Å². The van der Waals surface area contributed by atoms with Crippen molar-refractivity contribution in [3.63, 3.8) is 0 Å². The number of benzene rings is 2. The maximum absolute atomic E-state index is 11.8. The van der Waals surface area contributed by atoms with Gasteiger partial charge in [-0.15, -0.1) is 26.7 Å². The summed E-state index contributed by atoms with van der Waals surface area (Å²) in [6.45, 7) is 6.58. The molecule has 0 spiro atoms. The fourth-order valence-corrected chi connectivity index (χ4v) is 4.26. The Balaban J connectivity index is 0.00000225. The number of nitrogens with zero attached hydrogens (tertiary/aromatic N) is 2. The predicted molar refractivity (Wildman–Crippen MR) is 117 cm³/mol. The third kappa shape index (κ3) is 3.83. The molecule has 150 valence electrons. The molecule has 0 amide bonds. The highest BCUT2D eigenvalue weighted by atomic mass is 79.9. The number of hydrazine groups is 1. The zero-order valence-corrected chi connectivity index (χ0v) is 18.4. The van der Waals surface area contributed by atoms with Crippen LogP contribution >= 0.6 is 17.0 Å². The molecule has 1 unspecified atom stereocenters. The van der Waals surface area contributed by atoms with Crippen molar-refractivity contribution in [1.29, 1.82) is 0 Å². The molecule has 5 heteroatoms. The monoisotopic (exact) mass is 445 g/mol. The van der Waals surface area contributed by atoms with Gasteiger partial charge in [0.25, 0.3) is 0 Å². The zero-order valence-electron chi connectivity index (χ0n) is 16.7. The molecule has 4 nitrogen and oxygen atoms in total. The SMILES string of the molecule is Br.CCOc1ccc(C2=[N+]3CCCCCN3C(O)(c3ccc(C)cc3)C2)cc1. The summed E-state index contributed by atoms with van der Waals surface area (Å²) >= 11 is 0. The molecular weight excluding hydrogens is 416 g/mol. The van der Waals surface area contributed by atoms with Gasteiger partial charge < -0.3 is 9.84 Å². The minimum Gasteiger partial charge on any atom is -0.494 e. The summed E-state index contributed by atoms with van der Waals surface area (Å²) in [5, 5.41) is 14.0. The van der Waals surface area contributed by atoms with Crippen LogP contribution in [0.2, 0.25) is 0 Å². The molecule has 0 aromatic heterocycles. The first-order valence-corrected chi connectivity index (χ1v) is 10.1. The van der Waals surface area contributed by atoms with Crippen molar-refractivity contribution in [3.8, 4) is 5.75 Å². The highest BCUT2D eigenvalue weighted by Gasteiger charge is 2.52. The smallest absolute Gasteiger partial charge is 0.225 e. The van der Waals surface area contributed by atoms with Crippen molar-refractivity contribution in [2.24, 2.45) is 0 Å². The Hall–Kier alpha value is -1.85. The normalized spacial score (nSPS) is 21.8. The van der Waals surface area contributed by atoms with Gasteiger partial charge in [-0.3, -0.25) is 0 Å². The van der Waals surface area contributed by atoms with Crippen LogP contribution in [0.5, 0.6) is 5.75 Å². The first-order chi connectivity index (χ1) is 13.1. The summed E-state index contributed by atoms with van der Waals surface area (Å²) in [6.07, 6.45) is 4.07. The number of hydrogen-bond donors (Lipinski definition) is 1. The second-order valence-electron chi connectivity index (χ2n) is 7.57. The number of aliphatic hydroxyl groups is 1. The highest BCUT2D eigenvalue weighted by molar-refractivity contribution is 8.93. The van der Waals surface area contributed by atoms with Gasteiger partial charge in [0.2, 0.25) is 11.4 Å². The number of halogens is 1. The number of aryl methyl sites for hydroxylation is 1. The van der Waals surface area contributed by atoms with Crippen LogP contribution in [0, 0.1) is 6.92 Å². The van der Waals surface area contributed by atoms with Crippen LogP contribution in [0.25, 0.3) is 0 Å². The summed E-state index contributed by atoms with van der Waals surface area (Å²) in [5.41, 5.74) is 3.56. The molecule has 1 N–H and O–H groups in total. The Bertz CT molecular complexity index is 833. The molecule has 0 bridgehead atoms. The number of ether oxygens (including phenoxy) is 1. The molecule has 2 heterocycles. The van der Waals surface area contributed by atoms with E-state index in [2.05, 4.69) is 53.0 Å². The first kappa shape index (κ1) is 20.9. The van der Waals surface area contributed by atoms with Crippen molar-refractivity contribution >= 4 is 22.7 Å². The molecule has 1 saturated heterocycles. The van der Waals surface area contributed by atoms with Gasteiger partial charge in [-0.25, -0.2) is 0 Å². The zero-order chi connectivity index (χ0) is 18.9. The van der Waals surface area contributed by atoms with Crippen LogP contribution in [-0.4, -0.2) is 40.2 Å². The Morgan fingerprint density at radius 2 is 1.75 bits per heavy atom. The summed E-state index contributed by atoms with van der Waals surface area (Å²) in [6, 6.07) is 16.6. The first-order valence-electron chi connectivity index (χ1n) is 10.1. The Kier molecular flexibility index (Phi) is 6.46. The number of fused-ring (bicyclic) bond motifs is 1. The fraction of sp³-hybridized carbons (Fsp3) is 0.435. The standard InChI is InChI=1S/C23H29N2O2.BrH/c1-3-27-21-13-9-19(10-14-21)22-17-23(26,20-11-7-18(2)8-12-20)25-16-6-4-5-15-24(22)25;/h7-14,26H,3-6,15-17H2,1-2H3;1H/q+1;. The molecule has 0 radical (unpaired) electrons. The summed E-state index contributed by atoms with van der Waals surface area (Å²) < 4.78 is 7.91. The predicted octanol–water partition coefficient (Wildman–Crippen LogP) is 4.42. The van der Waals surface area contributed by atoms with E-state index in [0.29, 0.717) is 13.0 Å². The molecule has 4 rings (SSSR count). The lowest BCUT2D eigenvalue weighted by Crippen LogP contribution is -2.46. The van der Waals surface area contributed by atoms with Crippen LogP contribution < -0.4 is 4.74 Å². The molecule has 0 aliphatic carbocycles. The van der Waals surface area contributed by atoms with Gasteiger partial charge in [0.1, 0.15) is 5.75 Å². The largest absolute Gasteiger partial charge is 0.494 e. The van der Waals surface area contributed by atoms with Gasteiger partial charge in [-0.2, -0.15) is 0 Å². The van der Waals surface area contributed by atoms with Gasteiger partial charge in [0, 0.05) is 17.5 Å². The van der Waals surface area contributed by atoms with E-state index in [1.54, 1.807) is 0 Å². The average Bonchev–Trinajstić information content (AvgIpc) is 2.84. The second-order valence-corrected chi connectivity index (χ2v) is 7.57. The number of hydrogen-bond acceptors (Lipinski definition) is 3. The molecule has 2 aliphatic heterocycles. The van der Waals surface area contributed by atoms with E-state index >= 15 is 0 Å². The Morgan fingerprint density at radius 1 is 1.04 bits per heavy atom. The molecule has 2 aromatic rings. The lowest BCUT2D eigenvalue weighted by molar-refractivity contribution is -0.706. The Morgan fingerprint density at radius 3 is 2.43 bits per heavy atom. The minimum absolute atomic E-state index is 0. The van der Waals surface area contributed by atoms with Crippen LogP contribution in [0.15, 0.2) is 48.5 Å². The Labute approximate surface area is 178 Å². The number of hydrazone groups is 1. The molecule has 2 aromatic carbocycles. The molecule has 1 fully saturated rings. The topological polar surface area (TPSA) is 35.7 Å². The van der Waals surface area contributed by atoms with E-state index in [0.717, 1.165) is 42.8 Å². The maximum Gasteiger partial charge on any atom is 0.225 e. The van der Waals surface area contributed by atoms with Crippen molar-refractivity contribution < 1.29 is 14.5 Å². The quantitative estimate of drug-likeness (QED) is 0.707. The van der Waals surface area contributed by atoms with Gasteiger partial charge in [0.05, 0.1) is 19.6 Å². The molecule has 0 saturated carbocycles. The molecule has 2 aliphatic rings. The van der Waals surface area contributed by atoms with Crippen molar-refractivity contribution in [3.05, 3.63) is 65.2 Å². The lowest BCUT2D eigenvalue weighted by atomic mass is 9.94. The van der Waals surface area contributed by atoms with Crippen LogP contribution in [0.3, 0.4) is 0 Å². The summed E-state index contributed by atoms with van der Waals surface area (Å²) in [4.78, 5) is 0. The van der Waals surface area contributed by atoms with Gasteiger partial charge in [-0.1, -0.05) is 29.8 Å². The van der Waals surface area contributed by atoms with Crippen molar-refractivity contribution in [2.45, 2.75) is 45.3 Å². The third-order valence-electron chi connectivity index (χ3n) is 5.70. The van der Waals surface area contributed by atoms with E-state index in [9.17, 15) is 5.11 Å². The minimum atomic E-state index is -0.980. The van der Waals surface area contributed by atoms with Gasteiger partial charge in [-0.05, 0) is 51.0 Å².